The van der Waals surface area contributed by atoms with Crippen molar-refractivity contribution in [2.75, 3.05) is 6.61 Å². The van der Waals surface area contributed by atoms with Gasteiger partial charge in [0.2, 0.25) is 0 Å². The molecule has 0 saturated heterocycles. The summed E-state index contributed by atoms with van der Waals surface area (Å²) in [6.07, 6.45) is 3.13. The highest BCUT2D eigenvalue weighted by molar-refractivity contribution is 5.81. The Labute approximate surface area is 110 Å². The Hall–Kier alpha value is -2.69. The first-order valence-corrected chi connectivity index (χ1v) is 5.75. The summed E-state index contributed by atoms with van der Waals surface area (Å²) in [6, 6.07) is 14.6. The minimum Gasteiger partial charge on any atom is -0.484 e. The molecular formula is C14H13N3O2. The summed E-state index contributed by atoms with van der Waals surface area (Å²) < 4.78 is 5.27. The number of nitrogens with one attached hydrogen (secondary N) is 1. The molecule has 0 unspecified atom stereocenters. The van der Waals surface area contributed by atoms with Gasteiger partial charge in [-0.05, 0) is 24.3 Å². The third-order valence-electron chi connectivity index (χ3n) is 2.19. The minimum absolute atomic E-state index is 0.0798. The van der Waals surface area contributed by atoms with E-state index in [-0.39, 0.29) is 12.5 Å². The van der Waals surface area contributed by atoms with E-state index >= 15 is 0 Å². The molecule has 2 rings (SSSR count). The van der Waals surface area contributed by atoms with E-state index in [4.69, 9.17) is 4.74 Å². The predicted octanol–water partition coefficient (Wildman–Crippen LogP) is 1.61. The number of para-hydroxylation sites is 1. The van der Waals surface area contributed by atoms with E-state index in [1.54, 1.807) is 24.4 Å². The molecule has 0 radical (unpaired) electrons. The van der Waals surface area contributed by atoms with Crippen LogP contribution in [-0.4, -0.2) is 23.7 Å². The van der Waals surface area contributed by atoms with Crippen LogP contribution in [0.5, 0.6) is 5.75 Å². The van der Waals surface area contributed by atoms with Gasteiger partial charge in [0.1, 0.15) is 5.75 Å². The van der Waals surface area contributed by atoms with E-state index in [2.05, 4.69) is 15.5 Å². The Morgan fingerprint density at radius 3 is 2.74 bits per heavy atom. The average molecular weight is 255 g/mol. The molecule has 1 amide bonds. The third-order valence-corrected chi connectivity index (χ3v) is 2.19. The quantitative estimate of drug-likeness (QED) is 0.652. The van der Waals surface area contributed by atoms with Gasteiger partial charge in [-0.3, -0.25) is 9.78 Å². The van der Waals surface area contributed by atoms with Crippen LogP contribution in [-0.2, 0) is 4.79 Å². The number of amides is 1. The van der Waals surface area contributed by atoms with Gasteiger partial charge in [0.15, 0.2) is 6.61 Å². The summed E-state index contributed by atoms with van der Waals surface area (Å²) in [5.41, 5.74) is 3.04. The van der Waals surface area contributed by atoms with Gasteiger partial charge in [-0.25, -0.2) is 5.43 Å². The topological polar surface area (TPSA) is 63.6 Å². The fraction of sp³-hybridized carbons (Fsp3) is 0.0714. The number of carbonyl (C=O) groups is 1. The number of benzene rings is 1. The number of rotatable bonds is 5. The molecule has 0 spiro atoms. The zero-order valence-electron chi connectivity index (χ0n) is 10.2. The first-order valence-electron chi connectivity index (χ1n) is 5.75. The van der Waals surface area contributed by atoms with E-state index in [1.165, 1.54) is 6.21 Å². The second kappa shape index (κ2) is 6.90. The first-order chi connectivity index (χ1) is 9.34. The van der Waals surface area contributed by atoms with Gasteiger partial charge in [0.05, 0.1) is 11.9 Å². The van der Waals surface area contributed by atoms with Crippen LogP contribution >= 0.6 is 0 Å². The van der Waals surface area contributed by atoms with Gasteiger partial charge in [0, 0.05) is 6.20 Å². The summed E-state index contributed by atoms with van der Waals surface area (Å²) in [4.78, 5) is 15.5. The van der Waals surface area contributed by atoms with Crippen LogP contribution in [0, 0.1) is 0 Å². The van der Waals surface area contributed by atoms with Crippen molar-refractivity contribution < 1.29 is 9.53 Å². The van der Waals surface area contributed by atoms with Gasteiger partial charge in [-0.15, -0.1) is 0 Å². The molecule has 0 saturated carbocycles. The standard InChI is InChI=1S/C14H13N3O2/c18-14(11-19-13-7-2-1-3-8-13)17-16-10-12-6-4-5-9-15-12/h1-10H,11H2,(H,17,18)/b16-10+. The molecule has 2 aromatic rings. The molecule has 0 aliphatic carbocycles. The molecule has 0 aliphatic rings. The van der Waals surface area contributed by atoms with Crippen molar-refractivity contribution in [3.8, 4) is 5.75 Å². The molecule has 0 fully saturated rings. The van der Waals surface area contributed by atoms with E-state index < -0.39 is 0 Å². The molecule has 5 nitrogen and oxygen atoms in total. The highest BCUT2D eigenvalue weighted by Gasteiger charge is 2.00. The molecule has 0 bridgehead atoms. The number of hydrazone groups is 1. The number of pyridine rings is 1. The molecule has 19 heavy (non-hydrogen) atoms. The predicted molar refractivity (Wildman–Crippen MR) is 71.9 cm³/mol. The third kappa shape index (κ3) is 4.59. The highest BCUT2D eigenvalue weighted by atomic mass is 16.5. The number of hydrogen-bond donors (Lipinski definition) is 1. The van der Waals surface area contributed by atoms with E-state index in [9.17, 15) is 4.79 Å². The van der Waals surface area contributed by atoms with E-state index in [0.29, 0.717) is 11.4 Å². The molecule has 0 atom stereocenters. The van der Waals surface area contributed by atoms with Gasteiger partial charge >= 0.3 is 0 Å². The normalized spacial score (nSPS) is 10.3. The molecule has 1 N–H and O–H groups in total. The lowest BCUT2D eigenvalue weighted by Crippen LogP contribution is -2.24. The maximum absolute atomic E-state index is 11.4. The van der Waals surface area contributed by atoms with Crippen LogP contribution in [0.1, 0.15) is 5.69 Å². The Kier molecular flexibility index (Phi) is 4.64. The van der Waals surface area contributed by atoms with Crippen molar-refractivity contribution in [3.63, 3.8) is 0 Å². The zero-order valence-corrected chi connectivity index (χ0v) is 10.2. The van der Waals surface area contributed by atoms with Crippen LogP contribution < -0.4 is 10.2 Å². The molecular weight excluding hydrogens is 242 g/mol. The second-order valence-corrected chi connectivity index (χ2v) is 3.65. The van der Waals surface area contributed by atoms with E-state index in [1.807, 2.05) is 30.3 Å². The average Bonchev–Trinajstić information content (AvgIpc) is 2.47. The van der Waals surface area contributed by atoms with Crippen molar-refractivity contribution in [3.05, 3.63) is 60.4 Å². The van der Waals surface area contributed by atoms with Crippen LogP contribution in [0.3, 0.4) is 0 Å². The van der Waals surface area contributed by atoms with Crippen LogP contribution in [0.25, 0.3) is 0 Å². The lowest BCUT2D eigenvalue weighted by Gasteiger charge is -2.03. The molecule has 96 valence electrons. The van der Waals surface area contributed by atoms with Crippen molar-refractivity contribution in [1.82, 2.24) is 10.4 Å². The van der Waals surface area contributed by atoms with Crippen molar-refractivity contribution in [2.24, 2.45) is 5.10 Å². The molecule has 1 aromatic heterocycles. The summed E-state index contributed by atoms with van der Waals surface area (Å²) >= 11 is 0. The summed E-state index contributed by atoms with van der Waals surface area (Å²) in [5.74, 6) is 0.322. The van der Waals surface area contributed by atoms with Crippen molar-refractivity contribution in [2.45, 2.75) is 0 Å². The summed E-state index contributed by atoms with van der Waals surface area (Å²) in [5, 5.41) is 3.79. The molecule has 5 heteroatoms. The van der Waals surface area contributed by atoms with E-state index in [0.717, 1.165) is 0 Å². The smallest absolute Gasteiger partial charge is 0.277 e. The lowest BCUT2D eigenvalue weighted by molar-refractivity contribution is -0.123. The van der Waals surface area contributed by atoms with Gasteiger partial charge in [-0.1, -0.05) is 24.3 Å². The molecule has 0 aliphatic heterocycles. The minimum atomic E-state index is -0.323. The fourth-order valence-electron chi connectivity index (χ4n) is 1.32. The number of carbonyl (C=O) groups excluding carboxylic acids is 1. The SMILES string of the molecule is O=C(COc1ccccc1)N/N=C/c1ccccn1. The summed E-state index contributed by atoms with van der Waals surface area (Å²) in [6.45, 7) is -0.0798. The Morgan fingerprint density at radius 2 is 2.00 bits per heavy atom. The number of hydrogen-bond acceptors (Lipinski definition) is 4. The number of ether oxygens (including phenoxy) is 1. The van der Waals surface area contributed by atoms with Crippen molar-refractivity contribution >= 4 is 12.1 Å². The van der Waals surface area contributed by atoms with Crippen LogP contribution in [0.2, 0.25) is 0 Å². The molecule has 1 heterocycles. The maximum atomic E-state index is 11.4. The van der Waals surface area contributed by atoms with Gasteiger partial charge in [-0.2, -0.15) is 5.10 Å². The summed E-state index contributed by atoms with van der Waals surface area (Å²) in [7, 11) is 0. The van der Waals surface area contributed by atoms with Gasteiger partial charge in [0.25, 0.3) is 5.91 Å². The maximum Gasteiger partial charge on any atom is 0.277 e. The molecule has 1 aromatic carbocycles. The monoisotopic (exact) mass is 255 g/mol. The fourth-order valence-corrected chi connectivity index (χ4v) is 1.32. The Balaban J connectivity index is 1.75. The zero-order chi connectivity index (χ0) is 13.3. The van der Waals surface area contributed by atoms with Crippen LogP contribution in [0.15, 0.2) is 59.8 Å². The first kappa shape index (κ1) is 12.8. The van der Waals surface area contributed by atoms with Crippen molar-refractivity contribution in [1.29, 1.82) is 0 Å². The Morgan fingerprint density at radius 1 is 1.21 bits per heavy atom. The van der Waals surface area contributed by atoms with Gasteiger partial charge < -0.3 is 4.74 Å². The van der Waals surface area contributed by atoms with Crippen LogP contribution in [0.4, 0.5) is 0 Å². The Bertz CT molecular complexity index is 541. The second-order valence-electron chi connectivity index (χ2n) is 3.65. The largest absolute Gasteiger partial charge is 0.484 e. The number of nitrogens with zero attached hydrogens (tertiary/aromatic N) is 2. The highest BCUT2D eigenvalue weighted by Crippen LogP contribution is 2.07. The lowest BCUT2D eigenvalue weighted by atomic mass is 10.3. The number of aromatic nitrogens is 1.